The third kappa shape index (κ3) is 3.08. The number of hydrogen-bond donors (Lipinski definition) is 1. The molecule has 0 atom stereocenters. The minimum absolute atomic E-state index is 0.720. The van der Waals surface area contributed by atoms with E-state index < -0.39 is 0 Å². The van der Waals surface area contributed by atoms with Crippen LogP contribution in [0.2, 0.25) is 0 Å². The molecule has 0 bridgehead atoms. The van der Waals surface area contributed by atoms with Gasteiger partial charge in [0.1, 0.15) is 12.2 Å². The SMILES string of the molecule is CCn1cnnc1CNCc1ccc2nc(C)ccc2c1. The predicted octanol–water partition coefficient (Wildman–Crippen LogP) is 2.44. The maximum atomic E-state index is 4.52. The molecule has 0 aliphatic heterocycles. The zero-order valence-electron chi connectivity index (χ0n) is 12.4. The van der Waals surface area contributed by atoms with Crippen LogP contribution in [0, 0.1) is 6.92 Å². The summed E-state index contributed by atoms with van der Waals surface area (Å²) < 4.78 is 2.04. The lowest BCUT2D eigenvalue weighted by molar-refractivity contribution is 0.612. The van der Waals surface area contributed by atoms with Crippen LogP contribution in [0.4, 0.5) is 0 Å². The summed E-state index contributed by atoms with van der Waals surface area (Å²) in [4.78, 5) is 4.52. The first-order valence-corrected chi connectivity index (χ1v) is 7.20. The van der Waals surface area contributed by atoms with Gasteiger partial charge < -0.3 is 9.88 Å². The van der Waals surface area contributed by atoms with E-state index >= 15 is 0 Å². The monoisotopic (exact) mass is 281 g/mol. The topological polar surface area (TPSA) is 55.6 Å². The molecular weight excluding hydrogens is 262 g/mol. The summed E-state index contributed by atoms with van der Waals surface area (Å²) in [6.45, 7) is 6.52. The van der Waals surface area contributed by atoms with E-state index in [1.54, 1.807) is 6.33 Å². The quantitative estimate of drug-likeness (QED) is 0.780. The van der Waals surface area contributed by atoms with Crippen LogP contribution in [-0.2, 0) is 19.6 Å². The van der Waals surface area contributed by atoms with Crippen molar-refractivity contribution in [1.82, 2.24) is 25.1 Å². The van der Waals surface area contributed by atoms with Crippen molar-refractivity contribution in [2.24, 2.45) is 0 Å². The van der Waals surface area contributed by atoms with Crippen LogP contribution >= 0.6 is 0 Å². The molecule has 0 saturated heterocycles. The molecule has 1 N–H and O–H groups in total. The van der Waals surface area contributed by atoms with Gasteiger partial charge in [-0.3, -0.25) is 4.98 Å². The van der Waals surface area contributed by atoms with E-state index in [1.807, 2.05) is 17.6 Å². The van der Waals surface area contributed by atoms with Gasteiger partial charge in [0.05, 0.1) is 12.1 Å². The lowest BCUT2D eigenvalue weighted by atomic mass is 10.1. The van der Waals surface area contributed by atoms with Crippen molar-refractivity contribution in [3.05, 3.63) is 53.7 Å². The first-order chi connectivity index (χ1) is 10.3. The minimum Gasteiger partial charge on any atom is -0.317 e. The molecule has 0 saturated carbocycles. The molecule has 0 radical (unpaired) electrons. The Labute approximate surface area is 124 Å². The molecule has 5 nitrogen and oxygen atoms in total. The van der Waals surface area contributed by atoms with E-state index in [9.17, 15) is 0 Å². The maximum absolute atomic E-state index is 4.52. The van der Waals surface area contributed by atoms with Crippen LogP contribution in [0.1, 0.15) is 24.0 Å². The van der Waals surface area contributed by atoms with Crippen LogP contribution in [0.3, 0.4) is 0 Å². The summed E-state index contributed by atoms with van der Waals surface area (Å²) in [6, 6.07) is 10.5. The Balaban J connectivity index is 1.66. The van der Waals surface area contributed by atoms with Crippen molar-refractivity contribution in [3.8, 4) is 0 Å². The molecule has 3 aromatic rings. The third-order valence-electron chi connectivity index (χ3n) is 3.54. The van der Waals surface area contributed by atoms with Crippen molar-refractivity contribution in [3.63, 3.8) is 0 Å². The number of pyridine rings is 1. The lowest BCUT2D eigenvalue weighted by Crippen LogP contribution is -2.16. The molecule has 0 fully saturated rings. The number of aromatic nitrogens is 4. The minimum atomic E-state index is 0.720. The highest BCUT2D eigenvalue weighted by Crippen LogP contribution is 2.14. The highest BCUT2D eigenvalue weighted by molar-refractivity contribution is 5.79. The van der Waals surface area contributed by atoms with Gasteiger partial charge in [-0.1, -0.05) is 12.1 Å². The fourth-order valence-electron chi connectivity index (χ4n) is 2.39. The van der Waals surface area contributed by atoms with Gasteiger partial charge in [0.25, 0.3) is 0 Å². The summed E-state index contributed by atoms with van der Waals surface area (Å²) in [5, 5.41) is 12.6. The Morgan fingerprint density at radius 3 is 2.90 bits per heavy atom. The number of aryl methyl sites for hydroxylation is 2. The molecule has 0 aliphatic carbocycles. The summed E-state index contributed by atoms with van der Waals surface area (Å²) in [7, 11) is 0. The molecule has 5 heteroatoms. The first kappa shape index (κ1) is 13.7. The van der Waals surface area contributed by atoms with E-state index in [1.165, 1.54) is 10.9 Å². The maximum Gasteiger partial charge on any atom is 0.146 e. The van der Waals surface area contributed by atoms with E-state index in [-0.39, 0.29) is 0 Å². The molecule has 0 aliphatic rings. The highest BCUT2D eigenvalue weighted by Gasteiger charge is 2.02. The molecule has 21 heavy (non-hydrogen) atoms. The molecule has 108 valence electrons. The normalized spacial score (nSPS) is 11.1. The Kier molecular flexibility index (Phi) is 3.92. The van der Waals surface area contributed by atoms with E-state index in [4.69, 9.17) is 0 Å². The Hall–Kier alpha value is -2.27. The number of hydrogen-bond acceptors (Lipinski definition) is 4. The largest absolute Gasteiger partial charge is 0.317 e. The molecule has 3 rings (SSSR count). The number of benzene rings is 1. The van der Waals surface area contributed by atoms with Gasteiger partial charge in [-0.25, -0.2) is 0 Å². The zero-order valence-corrected chi connectivity index (χ0v) is 12.4. The van der Waals surface area contributed by atoms with Crippen LogP contribution in [0.15, 0.2) is 36.7 Å². The number of fused-ring (bicyclic) bond motifs is 1. The summed E-state index contributed by atoms with van der Waals surface area (Å²) >= 11 is 0. The molecule has 2 aromatic heterocycles. The van der Waals surface area contributed by atoms with Gasteiger partial charge in [-0.05, 0) is 37.6 Å². The Morgan fingerprint density at radius 2 is 2.05 bits per heavy atom. The third-order valence-corrected chi connectivity index (χ3v) is 3.54. The van der Waals surface area contributed by atoms with E-state index in [0.29, 0.717) is 0 Å². The van der Waals surface area contributed by atoms with Gasteiger partial charge >= 0.3 is 0 Å². The van der Waals surface area contributed by atoms with Crippen molar-refractivity contribution in [2.45, 2.75) is 33.5 Å². The molecule has 0 spiro atoms. The standard InChI is InChI=1S/C16H19N5/c1-3-21-11-18-20-16(21)10-17-9-13-5-7-15-14(8-13)6-4-12(2)19-15/h4-8,11,17H,3,9-10H2,1-2H3. The fraction of sp³-hybridized carbons (Fsp3) is 0.312. The summed E-state index contributed by atoms with van der Waals surface area (Å²) in [6.07, 6.45) is 1.76. The van der Waals surface area contributed by atoms with Gasteiger partial charge in [0, 0.05) is 24.2 Å². The van der Waals surface area contributed by atoms with Crippen LogP contribution < -0.4 is 5.32 Å². The van der Waals surface area contributed by atoms with Gasteiger partial charge in [-0.15, -0.1) is 10.2 Å². The van der Waals surface area contributed by atoms with E-state index in [2.05, 4.69) is 51.7 Å². The van der Waals surface area contributed by atoms with Crippen LogP contribution in [0.5, 0.6) is 0 Å². The van der Waals surface area contributed by atoms with Crippen LogP contribution in [0.25, 0.3) is 10.9 Å². The van der Waals surface area contributed by atoms with Crippen molar-refractivity contribution in [1.29, 1.82) is 0 Å². The molecule has 1 aromatic carbocycles. The number of nitrogens with zero attached hydrogens (tertiary/aromatic N) is 4. The molecule has 0 amide bonds. The Morgan fingerprint density at radius 1 is 1.14 bits per heavy atom. The Bertz CT molecular complexity index is 747. The average Bonchev–Trinajstić information content (AvgIpc) is 2.95. The van der Waals surface area contributed by atoms with E-state index in [0.717, 1.165) is 36.7 Å². The smallest absolute Gasteiger partial charge is 0.146 e. The zero-order chi connectivity index (χ0) is 14.7. The van der Waals surface area contributed by atoms with Gasteiger partial charge in [0.15, 0.2) is 0 Å². The molecule has 0 unspecified atom stereocenters. The predicted molar refractivity (Wildman–Crippen MR) is 82.7 cm³/mol. The first-order valence-electron chi connectivity index (χ1n) is 7.20. The highest BCUT2D eigenvalue weighted by atomic mass is 15.3. The molecular formula is C16H19N5. The summed E-state index contributed by atoms with van der Waals surface area (Å²) in [5.41, 5.74) is 3.34. The summed E-state index contributed by atoms with van der Waals surface area (Å²) in [5.74, 6) is 0.968. The van der Waals surface area contributed by atoms with Crippen molar-refractivity contribution < 1.29 is 0 Å². The fourth-order valence-corrected chi connectivity index (χ4v) is 2.39. The second-order valence-electron chi connectivity index (χ2n) is 5.12. The van der Waals surface area contributed by atoms with Gasteiger partial charge in [0.2, 0.25) is 0 Å². The molecule has 2 heterocycles. The van der Waals surface area contributed by atoms with Crippen LogP contribution in [-0.4, -0.2) is 19.7 Å². The average molecular weight is 281 g/mol. The number of nitrogens with one attached hydrogen (secondary N) is 1. The van der Waals surface area contributed by atoms with Crippen molar-refractivity contribution in [2.75, 3.05) is 0 Å². The van der Waals surface area contributed by atoms with Crippen molar-refractivity contribution >= 4 is 10.9 Å². The second-order valence-corrected chi connectivity index (χ2v) is 5.12. The second kappa shape index (κ2) is 6.01. The number of rotatable bonds is 5. The van der Waals surface area contributed by atoms with Gasteiger partial charge in [-0.2, -0.15) is 0 Å². The lowest BCUT2D eigenvalue weighted by Gasteiger charge is -2.07.